The molecule has 0 aromatic heterocycles. The number of hydrogen-bond acceptors (Lipinski definition) is 5. The van der Waals surface area contributed by atoms with E-state index in [2.05, 4.69) is 10.6 Å². The van der Waals surface area contributed by atoms with Gasteiger partial charge in [0.2, 0.25) is 11.8 Å². The summed E-state index contributed by atoms with van der Waals surface area (Å²) in [6, 6.07) is 6.49. The van der Waals surface area contributed by atoms with Crippen molar-refractivity contribution in [2.75, 3.05) is 20.2 Å². The molecular weight excluding hydrogens is 328 g/mol. The van der Waals surface area contributed by atoms with Gasteiger partial charge in [0.15, 0.2) is 0 Å². The number of imide groups is 1. The Labute approximate surface area is 144 Å². The van der Waals surface area contributed by atoms with Gasteiger partial charge in [-0.05, 0) is 18.6 Å². The Bertz CT molecular complexity index is 720. The summed E-state index contributed by atoms with van der Waals surface area (Å²) in [5.74, 6) is -1.29. The van der Waals surface area contributed by atoms with Crippen LogP contribution < -0.4 is 21.1 Å². The van der Waals surface area contributed by atoms with Crippen LogP contribution in [0.25, 0.3) is 0 Å². The molecule has 1 aromatic carbocycles. The van der Waals surface area contributed by atoms with Crippen molar-refractivity contribution in [1.29, 1.82) is 0 Å². The zero-order valence-corrected chi connectivity index (χ0v) is 14.0. The molecule has 1 heterocycles. The van der Waals surface area contributed by atoms with Gasteiger partial charge in [-0.15, -0.1) is 0 Å². The van der Waals surface area contributed by atoms with Crippen LogP contribution in [0, 0.1) is 0 Å². The van der Waals surface area contributed by atoms with E-state index >= 15 is 0 Å². The molecule has 9 heteroatoms. The van der Waals surface area contributed by atoms with Crippen LogP contribution in [0.4, 0.5) is 4.79 Å². The predicted octanol–water partition coefficient (Wildman–Crippen LogP) is -0.850. The van der Waals surface area contributed by atoms with E-state index in [1.54, 1.807) is 31.2 Å². The van der Waals surface area contributed by atoms with E-state index < -0.39 is 35.8 Å². The van der Waals surface area contributed by atoms with Gasteiger partial charge in [0.25, 0.3) is 5.91 Å². The summed E-state index contributed by atoms with van der Waals surface area (Å²) in [4.78, 5) is 48.0. The molecule has 4 N–H and O–H groups in total. The van der Waals surface area contributed by atoms with Crippen LogP contribution in [-0.4, -0.2) is 54.4 Å². The Kier molecular flexibility index (Phi) is 5.26. The van der Waals surface area contributed by atoms with Crippen molar-refractivity contribution in [3.05, 3.63) is 29.8 Å². The summed E-state index contributed by atoms with van der Waals surface area (Å²) in [7, 11) is 1.52. The maximum atomic E-state index is 12.6. The van der Waals surface area contributed by atoms with Crippen LogP contribution in [0.5, 0.6) is 5.75 Å². The van der Waals surface area contributed by atoms with E-state index in [-0.39, 0.29) is 13.0 Å². The number of carbonyl (C=O) groups excluding carboxylic acids is 4. The molecule has 1 aromatic rings. The lowest BCUT2D eigenvalue weighted by atomic mass is 9.92. The SMILES string of the molecule is COc1ccccc1C[C@@]1(C)NC(=O)N(CC(=O)NCC(N)=O)C1=O. The number of urea groups is 1. The molecule has 0 aliphatic carbocycles. The summed E-state index contributed by atoms with van der Waals surface area (Å²) in [5.41, 5.74) is 4.49. The third-order valence-corrected chi connectivity index (χ3v) is 3.84. The standard InChI is InChI=1S/C16H20N4O5/c1-16(7-10-5-3-4-6-11(10)25-2)14(23)20(15(24)19-16)9-13(22)18-8-12(17)21/h3-6H,7-9H2,1-2H3,(H2,17,21)(H,18,22)(H,19,24)/t16-/m1/s1. The zero-order valence-electron chi connectivity index (χ0n) is 14.0. The minimum absolute atomic E-state index is 0.209. The maximum absolute atomic E-state index is 12.6. The first kappa shape index (κ1) is 18.2. The molecule has 1 fully saturated rings. The van der Waals surface area contributed by atoms with Gasteiger partial charge >= 0.3 is 6.03 Å². The lowest BCUT2D eigenvalue weighted by Gasteiger charge is -2.22. The molecule has 1 aliphatic rings. The molecule has 5 amide bonds. The minimum Gasteiger partial charge on any atom is -0.496 e. The van der Waals surface area contributed by atoms with Crippen molar-refractivity contribution >= 4 is 23.8 Å². The molecule has 0 radical (unpaired) electrons. The van der Waals surface area contributed by atoms with Crippen molar-refractivity contribution in [2.24, 2.45) is 5.73 Å². The van der Waals surface area contributed by atoms with E-state index in [1.165, 1.54) is 7.11 Å². The fourth-order valence-corrected chi connectivity index (χ4v) is 2.63. The maximum Gasteiger partial charge on any atom is 0.325 e. The number of nitrogens with two attached hydrogens (primary N) is 1. The molecule has 0 spiro atoms. The second kappa shape index (κ2) is 7.20. The van der Waals surface area contributed by atoms with Crippen molar-refractivity contribution in [3.63, 3.8) is 0 Å². The van der Waals surface area contributed by atoms with Gasteiger partial charge in [-0.2, -0.15) is 0 Å². The molecule has 1 aliphatic heterocycles. The van der Waals surface area contributed by atoms with E-state index in [4.69, 9.17) is 10.5 Å². The molecule has 1 saturated heterocycles. The van der Waals surface area contributed by atoms with E-state index in [9.17, 15) is 19.2 Å². The van der Waals surface area contributed by atoms with E-state index in [1.807, 2.05) is 0 Å². The third kappa shape index (κ3) is 4.06. The number of para-hydroxylation sites is 1. The summed E-state index contributed by atoms with van der Waals surface area (Å²) < 4.78 is 5.26. The number of ether oxygens (including phenoxy) is 1. The van der Waals surface area contributed by atoms with Crippen LogP contribution in [0.3, 0.4) is 0 Å². The third-order valence-electron chi connectivity index (χ3n) is 3.84. The average molecular weight is 348 g/mol. The summed E-state index contributed by atoms with van der Waals surface area (Å²) in [6.45, 7) is 0.738. The van der Waals surface area contributed by atoms with Crippen LogP contribution in [0.1, 0.15) is 12.5 Å². The fourth-order valence-electron chi connectivity index (χ4n) is 2.63. The van der Waals surface area contributed by atoms with Crippen LogP contribution in [-0.2, 0) is 20.8 Å². The lowest BCUT2D eigenvalue weighted by molar-refractivity contribution is -0.134. The van der Waals surface area contributed by atoms with E-state index in [0.29, 0.717) is 5.75 Å². The van der Waals surface area contributed by atoms with Crippen molar-refractivity contribution in [2.45, 2.75) is 18.9 Å². The van der Waals surface area contributed by atoms with Gasteiger partial charge < -0.3 is 21.1 Å². The molecule has 0 saturated carbocycles. The first-order valence-electron chi connectivity index (χ1n) is 7.58. The minimum atomic E-state index is -1.20. The molecular formula is C16H20N4O5. The second-order valence-corrected chi connectivity index (χ2v) is 5.89. The molecule has 9 nitrogen and oxygen atoms in total. The summed E-state index contributed by atoms with van der Waals surface area (Å²) in [5, 5.41) is 4.85. The number of amides is 5. The highest BCUT2D eigenvalue weighted by atomic mass is 16.5. The van der Waals surface area contributed by atoms with Gasteiger partial charge in [-0.1, -0.05) is 18.2 Å². The molecule has 0 bridgehead atoms. The average Bonchev–Trinajstić information content (AvgIpc) is 2.76. The highest BCUT2D eigenvalue weighted by Crippen LogP contribution is 2.27. The second-order valence-electron chi connectivity index (χ2n) is 5.89. The van der Waals surface area contributed by atoms with Crippen LogP contribution >= 0.6 is 0 Å². The predicted molar refractivity (Wildman–Crippen MR) is 87.6 cm³/mol. The Morgan fingerprint density at radius 2 is 2.00 bits per heavy atom. The first-order valence-corrected chi connectivity index (χ1v) is 7.58. The van der Waals surface area contributed by atoms with Crippen LogP contribution in [0.15, 0.2) is 24.3 Å². The van der Waals surface area contributed by atoms with Crippen molar-refractivity contribution in [3.8, 4) is 5.75 Å². The monoisotopic (exact) mass is 348 g/mol. The number of hydrogen-bond donors (Lipinski definition) is 3. The van der Waals surface area contributed by atoms with Gasteiger partial charge in [0.1, 0.15) is 17.8 Å². The van der Waals surface area contributed by atoms with E-state index in [0.717, 1.165) is 10.5 Å². The number of carbonyl (C=O) groups is 4. The highest BCUT2D eigenvalue weighted by Gasteiger charge is 2.48. The number of methoxy groups -OCH3 is 1. The van der Waals surface area contributed by atoms with Crippen molar-refractivity contribution < 1.29 is 23.9 Å². The van der Waals surface area contributed by atoms with Crippen LogP contribution in [0.2, 0.25) is 0 Å². The molecule has 25 heavy (non-hydrogen) atoms. The van der Waals surface area contributed by atoms with Crippen molar-refractivity contribution in [1.82, 2.24) is 15.5 Å². The molecule has 134 valence electrons. The smallest absolute Gasteiger partial charge is 0.325 e. The summed E-state index contributed by atoms with van der Waals surface area (Å²) in [6.07, 6.45) is 0.209. The van der Waals surface area contributed by atoms with Gasteiger partial charge in [0, 0.05) is 6.42 Å². The number of rotatable bonds is 7. The van der Waals surface area contributed by atoms with Gasteiger partial charge in [0.05, 0.1) is 13.7 Å². The normalized spacial score (nSPS) is 19.5. The largest absolute Gasteiger partial charge is 0.496 e. The quantitative estimate of drug-likeness (QED) is 0.553. The fraction of sp³-hybridized carbons (Fsp3) is 0.375. The Morgan fingerprint density at radius 1 is 1.32 bits per heavy atom. The topological polar surface area (TPSA) is 131 Å². The molecule has 2 rings (SSSR count). The Balaban J connectivity index is 2.11. The number of primary amides is 1. The van der Waals surface area contributed by atoms with Gasteiger partial charge in [-0.3, -0.25) is 19.3 Å². The highest BCUT2D eigenvalue weighted by molar-refractivity contribution is 6.09. The zero-order chi connectivity index (χ0) is 18.6. The number of nitrogens with one attached hydrogen (secondary N) is 2. The Morgan fingerprint density at radius 3 is 2.64 bits per heavy atom. The lowest BCUT2D eigenvalue weighted by Crippen LogP contribution is -2.47. The Hall–Kier alpha value is -3.10. The first-order chi connectivity index (χ1) is 11.8. The number of benzene rings is 1. The molecule has 0 unspecified atom stereocenters. The van der Waals surface area contributed by atoms with Gasteiger partial charge in [-0.25, -0.2) is 4.79 Å². The number of nitrogens with zero attached hydrogens (tertiary/aromatic N) is 1. The molecule has 1 atom stereocenters. The summed E-state index contributed by atoms with van der Waals surface area (Å²) >= 11 is 0.